The molecule has 0 saturated heterocycles. The number of halogens is 1. The van der Waals surface area contributed by atoms with E-state index in [0.29, 0.717) is 23.6 Å². The molecule has 0 spiro atoms. The third-order valence-corrected chi connectivity index (χ3v) is 6.61. The molecule has 0 radical (unpaired) electrons. The molecule has 1 atom stereocenters. The quantitative estimate of drug-likeness (QED) is 0.440. The van der Waals surface area contributed by atoms with Crippen LogP contribution in [0.15, 0.2) is 72.1 Å². The van der Waals surface area contributed by atoms with Gasteiger partial charge in [0.25, 0.3) is 5.91 Å². The van der Waals surface area contributed by atoms with Crippen molar-refractivity contribution in [2.75, 3.05) is 12.1 Å². The molecular weight excluding hydrogens is 441 g/mol. The van der Waals surface area contributed by atoms with Crippen molar-refractivity contribution in [1.82, 2.24) is 9.88 Å². The average molecular weight is 460 g/mol. The maximum absolute atomic E-state index is 13.5. The normalized spacial score (nSPS) is 16.5. The van der Waals surface area contributed by atoms with Gasteiger partial charge in [0, 0.05) is 23.2 Å². The molecule has 1 aromatic heterocycles. The van der Waals surface area contributed by atoms with Crippen molar-refractivity contribution in [1.29, 1.82) is 0 Å². The molecule has 6 nitrogen and oxygen atoms in total. The summed E-state index contributed by atoms with van der Waals surface area (Å²) < 4.78 is 24.2. The van der Waals surface area contributed by atoms with Crippen molar-refractivity contribution in [3.8, 4) is 22.1 Å². The zero-order chi connectivity index (χ0) is 22.4. The molecule has 33 heavy (non-hydrogen) atoms. The summed E-state index contributed by atoms with van der Waals surface area (Å²) in [7, 11) is 0. The molecular formula is C25H18FN3O3S. The molecule has 1 unspecified atom stereocenters. The first-order chi connectivity index (χ1) is 16.2. The molecule has 0 bridgehead atoms. The van der Waals surface area contributed by atoms with E-state index in [1.807, 2.05) is 47.8 Å². The number of amides is 1. The Bertz CT molecular complexity index is 1360. The minimum atomic E-state index is -0.455. The lowest BCUT2D eigenvalue weighted by molar-refractivity contribution is 0.0663. The Hall–Kier alpha value is -3.91. The highest BCUT2D eigenvalue weighted by molar-refractivity contribution is 7.13. The lowest BCUT2D eigenvalue weighted by atomic mass is 10.0. The van der Waals surface area contributed by atoms with Crippen LogP contribution >= 0.6 is 11.3 Å². The minimum Gasteiger partial charge on any atom is -0.454 e. The molecule has 2 aliphatic heterocycles. The van der Waals surface area contributed by atoms with E-state index >= 15 is 0 Å². The number of aromatic nitrogens is 1. The molecule has 6 rings (SSSR count). The van der Waals surface area contributed by atoms with E-state index in [0.717, 1.165) is 27.5 Å². The summed E-state index contributed by atoms with van der Waals surface area (Å²) in [6.07, 6.45) is -0.455. The number of ether oxygens (including phenoxy) is 2. The first-order valence-corrected chi connectivity index (χ1v) is 11.3. The SMILES string of the molecule is O=C1c2ccccc2NC(c2csc(-c3ccc(F)cc3)n2)N1Cc1ccc2c(c1)OCO2. The Kier molecular flexibility index (Phi) is 4.73. The van der Waals surface area contributed by atoms with Crippen LogP contribution in [0.4, 0.5) is 10.1 Å². The molecule has 0 saturated carbocycles. The number of nitrogens with zero attached hydrogens (tertiary/aromatic N) is 2. The third-order valence-electron chi connectivity index (χ3n) is 5.71. The number of hydrogen-bond acceptors (Lipinski definition) is 6. The number of nitrogens with one attached hydrogen (secondary N) is 1. The molecule has 0 aliphatic carbocycles. The van der Waals surface area contributed by atoms with Gasteiger partial charge in [0.15, 0.2) is 11.5 Å². The van der Waals surface area contributed by atoms with Gasteiger partial charge in [-0.2, -0.15) is 0 Å². The van der Waals surface area contributed by atoms with Crippen molar-refractivity contribution in [3.05, 3.63) is 94.7 Å². The number of thiazole rings is 1. The summed E-state index contributed by atoms with van der Waals surface area (Å²) in [4.78, 5) is 20.1. The van der Waals surface area contributed by atoms with Gasteiger partial charge in [0.1, 0.15) is 17.0 Å². The number of fused-ring (bicyclic) bond motifs is 2. The smallest absolute Gasteiger partial charge is 0.258 e. The fraction of sp³-hybridized carbons (Fsp3) is 0.120. The van der Waals surface area contributed by atoms with Gasteiger partial charge in [0.2, 0.25) is 6.79 Å². The number of carbonyl (C=O) groups is 1. The van der Waals surface area contributed by atoms with Crippen LogP contribution in [-0.4, -0.2) is 22.6 Å². The van der Waals surface area contributed by atoms with Gasteiger partial charge in [-0.25, -0.2) is 9.37 Å². The van der Waals surface area contributed by atoms with Crippen molar-refractivity contribution in [2.24, 2.45) is 0 Å². The van der Waals surface area contributed by atoms with E-state index in [4.69, 9.17) is 14.5 Å². The van der Waals surface area contributed by atoms with Gasteiger partial charge in [-0.3, -0.25) is 4.79 Å². The maximum Gasteiger partial charge on any atom is 0.258 e. The highest BCUT2D eigenvalue weighted by Gasteiger charge is 2.34. The van der Waals surface area contributed by atoms with Gasteiger partial charge in [-0.05, 0) is 54.1 Å². The predicted octanol–water partition coefficient (Wildman–Crippen LogP) is 5.44. The van der Waals surface area contributed by atoms with Gasteiger partial charge < -0.3 is 19.7 Å². The first kappa shape index (κ1) is 19.8. The molecule has 3 heterocycles. The van der Waals surface area contributed by atoms with Crippen molar-refractivity contribution in [3.63, 3.8) is 0 Å². The van der Waals surface area contributed by atoms with Gasteiger partial charge in [0.05, 0.1) is 11.3 Å². The lowest BCUT2D eigenvalue weighted by Gasteiger charge is -2.37. The van der Waals surface area contributed by atoms with Crippen molar-refractivity contribution >= 4 is 22.9 Å². The number of para-hydroxylation sites is 1. The summed E-state index contributed by atoms with van der Waals surface area (Å²) in [5.41, 5.74) is 3.86. The highest BCUT2D eigenvalue weighted by atomic mass is 32.1. The zero-order valence-electron chi connectivity index (χ0n) is 17.3. The highest BCUT2D eigenvalue weighted by Crippen LogP contribution is 2.38. The van der Waals surface area contributed by atoms with E-state index < -0.39 is 6.17 Å². The Labute approximate surface area is 193 Å². The Balaban J connectivity index is 1.37. The number of benzene rings is 3. The van der Waals surface area contributed by atoms with Gasteiger partial charge >= 0.3 is 0 Å². The largest absolute Gasteiger partial charge is 0.454 e. The van der Waals surface area contributed by atoms with Gasteiger partial charge in [-0.1, -0.05) is 18.2 Å². The monoisotopic (exact) mass is 459 g/mol. The van der Waals surface area contributed by atoms with Crippen LogP contribution in [0.3, 0.4) is 0 Å². The molecule has 8 heteroatoms. The molecule has 3 aromatic carbocycles. The Morgan fingerprint density at radius 1 is 1.06 bits per heavy atom. The van der Waals surface area contributed by atoms with Crippen molar-refractivity contribution in [2.45, 2.75) is 12.7 Å². The third kappa shape index (κ3) is 3.58. The van der Waals surface area contributed by atoms with E-state index in [9.17, 15) is 9.18 Å². The Morgan fingerprint density at radius 3 is 2.76 bits per heavy atom. The molecule has 2 aliphatic rings. The second-order valence-corrected chi connectivity index (χ2v) is 8.66. The van der Waals surface area contributed by atoms with E-state index in [-0.39, 0.29) is 18.5 Å². The summed E-state index contributed by atoms with van der Waals surface area (Å²) in [6.45, 7) is 0.564. The summed E-state index contributed by atoms with van der Waals surface area (Å²) in [5.74, 6) is 1.01. The fourth-order valence-corrected chi connectivity index (χ4v) is 4.91. The van der Waals surface area contributed by atoms with Crippen LogP contribution in [0.1, 0.15) is 27.8 Å². The average Bonchev–Trinajstić information content (AvgIpc) is 3.51. The van der Waals surface area contributed by atoms with Gasteiger partial charge in [-0.15, -0.1) is 11.3 Å². The summed E-state index contributed by atoms with van der Waals surface area (Å²) >= 11 is 1.46. The molecule has 1 N–H and O–H groups in total. The van der Waals surface area contributed by atoms with Crippen LogP contribution in [0.2, 0.25) is 0 Å². The van der Waals surface area contributed by atoms with Crippen LogP contribution < -0.4 is 14.8 Å². The van der Waals surface area contributed by atoms with E-state index in [2.05, 4.69) is 5.32 Å². The predicted molar refractivity (Wildman–Crippen MR) is 123 cm³/mol. The topological polar surface area (TPSA) is 63.7 Å². The second kappa shape index (κ2) is 7.90. The van der Waals surface area contributed by atoms with Crippen LogP contribution in [0.25, 0.3) is 10.6 Å². The minimum absolute atomic E-state index is 0.0802. The molecule has 1 amide bonds. The molecule has 164 valence electrons. The fourth-order valence-electron chi connectivity index (χ4n) is 4.06. The number of carbonyl (C=O) groups excluding carboxylic acids is 1. The van der Waals surface area contributed by atoms with E-state index in [1.54, 1.807) is 17.0 Å². The maximum atomic E-state index is 13.5. The van der Waals surface area contributed by atoms with E-state index in [1.165, 1.54) is 23.5 Å². The summed E-state index contributed by atoms with van der Waals surface area (Å²) in [5, 5.41) is 6.17. The standard InChI is InChI=1S/C25H18FN3O3S/c26-17-8-6-16(7-9-17)24-28-20(13-33-24)23-27-19-4-2-1-3-18(19)25(30)29(23)12-15-5-10-21-22(11-15)32-14-31-21/h1-11,13,23,27H,12,14H2. The number of anilines is 1. The number of rotatable bonds is 4. The summed E-state index contributed by atoms with van der Waals surface area (Å²) in [6, 6.07) is 19.4. The van der Waals surface area contributed by atoms with Crippen molar-refractivity contribution < 1.29 is 18.7 Å². The molecule has 0 fully saturated rings. The number of hydrogen-bond donors (Lipinski definition) is 1. The first-order valence-electron chi connectivity index (χ1n) is 10.4. The van der Waals surface area contributed by atoms with Crippen LogP contribution in [0, 0.1) is 5.82 Å². The van der Waals surface area contributed by atoms with Crippen LogP contribution in [-0.2, 0) is 6.54 Å². The Morgan fingerprint density at radius 2 is 1.88 bits per heavy atom. The van der Waals surface area contributed by atoms with Crippen LogP contribution in [0.5, 0.6) is 11.5 Å². The zero-order valence-corrected chi connectivity index (χ0v) is 18.1. The second-order valence-electron chi connectivity index (χ2n) is 7.80. The molecule has 4 aromatic rings. The lowest BCUT2D eigenvalue weighted by Crippen LogP contribution is -2.42.